The lowest BCUT2D eigenvalue weighted by molar-refractivity contribution is 0.0888. The predicted molar refractivity (Wildman–Crippen MR) is 85.2 cm³/mol. The van der Waals surface area contributed by atoms with Gasteiger partial charge < -0.3 is 10.1 Å². The first-order valence-corrected chi connectivity index (χ1v) is 8.23. The van der Waals surface area contributed by atoms with Gasteiger partial charge in [0.05, 0.1) is 0 Å². The minimum Gasteiger partial charge on any atom is -0.490 e. The van der Waals surface area contributed by atoms with Crippen LogP contribution < -0.4 is 10.1 Å². The molecule has 1 aliphatic carbocycles. The van der Waals surface area contributed by atoms with E-state index in [1.165, 1.54) is 37.7 Å². The van der Waals surface area contributed by atoms with Gasteiger partial charge in [0.25, 0.3) is 0 Å². The fourth-order valence-electron chi connectivity index (χ4n) is 3.41. The maximum absolute atomic E-state index is 6.43. The Hall–Kier alpha value is -1.02. The molecule has 0 radical (unpaired) electrons. The minimum absolute atomic E-state index is 0.384. The quantitative estimate of drug-likeness (QED) is 0.812. The van der Waals surface area contributed by atoms with E-state index in [0.717, 1.165) is 18.1 Å². The molecule has 2 nitrogen and oxygen atoms in total. The summed E-state index contributed by atoms with van der Waals surface area (Å²) in [6, 6.07) is 8.92. The minimum atomic E-state index is 0.384. The monoisotopic (exact) mass is 275 g/mol. The molecule has 0 aromatic heterocycles. The number of para-hydroxylation sites is 1. The van der Waals surface area contributed by atoms with E-state index in [1.807, 2.05) is 7.05 Å². The Labute approximate surface area is 123 Å². The van der Waals surface area contributed by atoms with Crippen LogP contribution in [0.4, 0.5) is 0 Å². The zero-order chi connectivity index (χ0) is 14.4. The largest absolute Gasteiger partial charge is 0.490 e. The average molecular weight is 275 g/mol. The molecule has 0 aliphatic heterocycles. The molecule has 0 amide bonds. The van der Waals surface area contributed by atoms with E-state index >= 15 is 0 Å². The van der Waals surface area contributed by atoms with Crippen LogP contribution in [-0.2, 0) is 0 Å². The van der Waals surface area contributed by atoms with Gasteiger partial charge >= 0.3 is 0 Å². The highest BCUT2D eigenvalue weighted by atomic mass is 16.5. The third kappa shape index (κ3) is 3.54. The summed E-state index contributed by atoms with van der Waals surface area (Å²) in [4.78, 5) is 0. The topological polar surface area (TPSA) is 21.3 Å². The van der Waals surface area contributed by atoms with Crippen molar-refractivity contribution in [1.29, 1.82) is 0 Å². The molecule has 0 heterocycles. The summed E-state index contributed by atoms with van der Waals surface area (Å²) in [6.45, 7) is 4.51. The van der Waals surface area contributed by atoms with Gasteiger partial charge in [0.1, 0.15) is 11.9 Å². The van der Waals surface area contributed by atoms with E-state index < -0.39 is 0 Å². The van der Waals surface area contributed by atoms with Crippen molar-refractivity contribution in [3.05, 3.63) is 29.8 Å². The average Bonchev–Trinajstić information content (AvgIpc) is 2.50. The Morgan fingerprint density at radius 1 is 1.20 bits per heavy atom. The van der Waals surface area contributed by atoms with Crippen LogP contribution in [0.15, 0.2) is 24.3 Å². The van der Waals surface area contributed by atoms with Crippen LogP contribution in [0.1, 0.15) is 64.0 Å². The van der Waals surface area contributed by atoms with Crippen molar-refractivity contribution in [3.63, 3.8) is 0 Å². The van der Waals surface area contributed by atoms with E-state index in [9.17, 15) is 0 Å². The first kappa shape index (κ1) is 15.4. The van der Waals surface area contributed by atoms with Crippen LogP contribution in [0.2, 0.25) is 0 Å². The highest BCUT2D eigenvalue weighted by molar-refractivity contribution is 5.36. The van der Waals surface area contributed by atoms with Crippen molar-refractivity contribution >= 4 is 0 Å². The van der Waals surface area contributed by atoms with Crippen molar-refractivity contribution < 1.29 is 4.74 Å². The van der Waals surface area contributed by atoms with Crippen LogP contribution in [0.3, 0.4) is 0 Å². The van der Waals surface area contributed by atoms with Crippen LogP contribution in [0.25, 0.3) is 0 Å². The van der Waals surface area contributed by atoms with E-state index in [-0.39, 0.29) is 0 Å². The normalized spacial score (nSPS) is 24.4. The van der Waals surface area contributed by atoms with E-state index in [1.54, 1.807) is 0 Å². The second-order valence-corrected chi connectivity index (χ2v) is 5.90. The fourth-order valence-corrected chi connectivity index (χ4v) is 3.41. The number of rotatable bonds is 6. The first-order valence-electron chi connectivity index (χ1n) is 8.23. The smallest absolute Gasteiger partial charge is 0.124 e. The van der Waals surface area contributed by atoms with Gasteiger partial charge in [-0.25, -0.2) is 0 Å². The van der Waals surface area contributed by atoms with E-state index in [0.29, 0.717) is 12.1 Å². The van der Waals surface area contributed by atoms with Crippen molar-refractivity contribution in [3.8, 4) is 5.75 Å². The molecule has 20 heavy (non-hydrogen) atoms. The Bertz CT molecular complexity index is 400. The van der Waals surface area contributed by atoms with Gasteiger partial charge in [0.2, 0.25) is 0 Å². The highest BCUT2D eigenvalue weighted by Crippen LogP contribution is 2.33. The lowest BCUT2D eigenvalue weighted by Gasteiger charge is -2.32. The maximum Gasteiger partial charge on any atom is 0.124 e. The number of ether oxygens (including phenoxy) is 1. The van der Waals surface area contributed by atoms with E-state index in [4.69, 9.17) is 4.74 Å². The molecular formula is C18H29NO. The second-order valence-electron chi connectivity index (χ2n) is 5.90. The molecule has 1 fully saturated rings. The van der Waals surface area contributed by atoms with Gasteiger partial charge in [-0.2, -0.15) is 0 Å². The van der Waals surface area contributed by atoms with Crippen LogP contribution in [0, 0.1) is 5.92 Å². The molecule has 1 aromatic rings. The lowest BCUT2D eigenvalue weighted by Crippen LogP contribution is -2.30. The van der Waals surface area contributed by atoms with Crippen LogP contribution in [-0.4, -0.2) is 13.2 Å². The standard InChI is InChI=1S/C18H29NO/c1-4-14-10-6-8-12-17(14)20-18-13-9-7-11-15(18)16(5-2)19-3/h7,9,11,13-14,16-17,19H,4-6,8,10,12H2,1-3H3. The molecule has 1 N–H and O–H groups in total. The molecule has 2 rings (SSSR count). The number of nitrogens with one attached hydrogen (secondary N) is 1. The molecule has 3 atom stereocenters. The Morgan fingerprint density at radius 3 is 2.65 bits per heavy atom. The number of hydrogen-bond acceptors (Lipinski definition) is 2. The molecule has 0 bridgehead atoms. The summed E-state index contributed by atoms with van der Waals surface area (Å²) in [6.07, 6.45) is 7.94. The van der Waals surface area contributed by atoms with Gasteiger partial charge in [0, 0.05) is 11.6 Å². The highest BCUT2D eigenvalue weighted by Gasteiger charge is 2.26. The molecule has 112 valence electrons. The van der Waals surface area contributed by atoms with Crippen molar-refractivity contribution in [2.24, 2.45) is 5.92 Å². The summed E-state index contributed by atoms with van der Waals surface area (Å²) in [5.74, 6) is 1.81. The first-order chi connectivity index (χ1) is 9.80. The Kier molecular flexibility index (Phi) is 5.90. The summed E-state index contributed by atoms with van der Waals surface area (Å²) >= 11 is 0. The Balaban J connectivity index is 2.15. The van der Waals surface area contributed by atoms with Crippen molar-refractivity contribution in [2.75, 3.05) is 7.05 Å². The van der Waals surface area contributed by atoms with Crippen LogP contribution >= 0.6 is 0 Å². The molecule has 0 saturated heterocycles. The zero-order valence-electron chi connectivity index (χ0n) is 13.2. The summed E-state index contributed by atoms with van der Waals surface area (Å²) < 4.78 is 6.43. The molecule has 0 spiro atoms. The summed E-state index contributed by atoms with van der Waals surface area (Å²) in [5.41, 5.74) is 1.30. The number of benzene rings is 1. The zero-order valence-corrected chi connectivity index (χ0v) is 13.2. The fraction of sp³-hybridized carbons (Fsp3) is 0.667. The molecule has 3 unspecified atom stereocenters. The molecule has 1 saturated carbocycles. The Morgan fingerprint density at radius 2 is 1.95 bits per heavy atom. The molecular weight excluding hydrogens is 246 g/mol. The number of hydrogen-bond donors (Lipinski definition) is 1. The molecule has 2 heteroatoms. The summed E-state index contributed by atoms with van der Waals surface area (Å²) in [7, 11) is 2.03. The van der Waals surface area contributed by atoms with Gasteiger partial charge in [-0.3, -0.25) is 0 Å². The second kappa shape index (κ2) is 7.68. The third-order valence-corrected chi connectivity index (χ3v) is 4.69. The maximum atomic E-state index is 6.43. The lowest BCUT2D eigenvalue weighted by atomic mass is 9.84. The van der Waals surface area contributed by atoms with Gasteiger partial charge in [-0.15, -0.1) is 0 Å². The van der Waals surface area contributed by atoms with Crippen molar-refractivity contribution in [2.45, 2.75) is 64.5 Å². The molecule has 1 aromatic carbocycles. The van der Waals surface area contributed by atoms with Gasteiger partial charge in [0.15, 0.2) is 0 Å². The van der Waals surface area contributed by atoms with Crippen LogP contribution in [0.5, 0.6) is 5.75 Å². The van der Waals surface area contributed by atoms with Crippen molar-refractivity contribution in [1.82, 2.24) is 5.32 Å². The SMILES string of the molecule is CCC(NC)c1ccccc1OC1CCCCC1CC. The van der Waals surface area contributed by atoms with Gasteiger partial charge in [-0.1, -0.05) is 38.5 Å². The third-order valence-electron chi connectivity index (χ3n) is 4.69. The van der Waals surface area contributed by atoms with E-state index in [2.05, 4.69) is 43.4 Å². The predicted octanol–water partition coefficient (Wildman–Crippen LogP) is 4.70. The molecule has 1 aliphatic rings. The summed E-state index contributed by atoms with van der Waals surface area (Å²) in [5, 5.41) is 3.39. The van der Waals surface area contributed by atoms with Gasteiger partial charge in [-0.05, 0) is 51.1 Å².